The molecule has 0 saturated carbocycles. The first kappa shape index (κ1) is 28.8. The van der Waals surface area contributed by atoms with Gasteiger partial charge in [0.25, 0.3) is 0 Å². The fourth-order valence-electron chi connectivity index (χ4n) is 3.95. The van der Waals surface area contributed by atoms with Crippen LogP contribution < -0.4 is 10.6 Å². The summed E-state index contributed by atoms with van der Waals surface area (Å²) in [5.41, 5.74) is 0. The number of hydrogen-bond donors (Lipinski definition) is 1. The van der Waals surface area contributed by atoms with E-state index in [1.807, 2.05) is 6.92 Å². The van der Waals surface area contributed by atoms with E-state index in [1.54, 1.807) is 0 Å². The van der Waals surface area contributed by atoms with Crippen molar-refractivity contribution in [2.45, 2.75) is 50.0 Å². The van der Waals surface area contributed by atoms with Crippen LogP contribution in [0.2, 0.25) is 5.02 Å². The maximum atomic E-state index is 14.8. The van der Waals surface area contributed by atoms with Crippen LogP contribution in [-0.4, -0.2) is 55.2 Å². The number of halogens is 3. The molecule has 3 rings (SSSR count). The molecule has 1 atom stereocenters. The Labute approximate surface area is 219 Å². The zero-order valence-electron chi connectivity index (χ0n) is 20.2. The number of sulfonamides is 1. The van der Waals surface area contributed by atoms with E-state index in [0.29, 0.717) is 23.6 Å². The molecule has 1 fully saturated rings. The number of benzene rings is 2. The molecule has 0 spiro atoms. The van der Waals surface area contributed by atoms with Crippen LogP contribution in [0.5, 0.6) is 11.5 Å². The third-order valence-electron chi connectivity index (χ3n) is 5.93. The lowest BCUT2D eigenvalue weighted by Crippen LogP contribution is -2.59. The summed E-state index contributed by atoms with van der Waals surface area (Å²) in [5, 5.41) is 0.388. The maximum absolute atomic E-state index is 14.8. The summed E-state index contributed by atoms with van der Waals surface area (Å²) < 4.78 is 62.2. The maximum Gasteiger partial charge on any atom is 0.344 e. The number of nitrogens with two attached hydrogens (primary N) is 1. The SMILES string of the molecule is CCCCCCC(=O)N1CCN(S(=O)(=O)c2cc(F)c(Oc3ccc(Cl)cc3)c(F)c2)[C@@H](C(=O)ON)C1. The molecule has 1 heterocycles. The number of ether oxygens (including phenoxy) is 1. The van der Waals surface area contributed by atoms with Gasteiger partial charge in [0.05, 0.1) is 4.90 Å². The molecule has 2 aromatic carbocycles. The zero-order valence-corrected chi connectivity index (χ0v) is 21.7. The largest absolute Gasteiger partial charge is 0.451 e. The van der Waals surface area contributed by atoms with Gasteiger partial charge in [0.1, 0.15) is 11.8 Å². The number of carbonyl (C=O) groups is 2. The van der Waals surface area contributed by atoms with Crippen molar-refractivity contribution in [1.82, 2.24) is 9.21 Å². The molecule has 0 aliphatic carbocycles. The van der Waals surface area contributed by atoms with E-state index in [4.69, 9.17) is 22.2 Å². The number of rotatable bonds is 10. The first-order valence-electron chi connectivity index (χ1n) is 11.7. The summed E-state index contributed by atoms with van der Waals surface area (Å²) in [7, 11) is -4.59. The van der Waals surface area contributed by atoms with Gasteiger partial charge in [0, 0.05) is 31.1 Å². The fourth-order valence-corrected chi connectivity index (χ4v) is 5.66. The molecule has 37 heavy (non-hydrogen) atoms. The first-order chi connectivity index (χ1) is 17.6. The van der Waals surface area contributed by atoms with Crippen LogP contribution in [0.15, 0.2) is 41.3 Å². The number of piperazine rings is 1. The van der Waals surface area contributed by atoms with Gasteiger partial charge in [-0.1, -0.05) is 37.8 Å². The Morgan fingerprint density at radius 3 is 2.32 bits per heavy atom. The van der Waals surface area contributed by atoms with Crippen molar-refractivity contribution in [3.05, 3.63) is 53.1 Å². The summed E-state index contributed by atoms with van der Waals surface area (Å²) in [6, 6.07) is 5.40. The van der Waals surface area contributed by atoms with Crippen molar-refractivity contribution >= 4 is 33.5 Å². The summed E-state index contributed by atoms with van der Waals surface area (Å²) in [6.07, 6.45) is 3.78. The second-order valence-electron chi connectivity index (χ2n) is 8.49. The molecule has 9 nitrogen and oxygen atoms in total. The smallest absolute Gasteiger partial charge is 0.344 e. The van der Waals surface area contributed by atoms with Gasteiger partial charge in [-0.05, 0) is 42.8 Å². The second kappa shape index (κ2) is 12.6. The van der Waals surface area contributed by atoms with E-state index in [2.05, 4.69) is 4.84 Å². The number of amides is 1. The van der Waals surface area contributed by atoms with Crippen LogP contribution in [-0.2, 0) is 24.4 Å². The molecule has 0 bridgehead atoms. The minimum atomic E-state index is -4.59. The molecule has 1 aliphatic heterocycles. The lowest BCUT2D eigenvalue weighted by Gasteiger charge is -2.38. The van der Waals surface area contributed by atoms with E-state index < -0.39 is 44.3 Å². The summed E-state index contributed by atoms with van der Waals surface area (Å²) in [4.78, 5) is 29.9. The average molecular weight is 560 g/mol. The number of nitrogens with zero attached hydrogens (tertiary/aromatic N) is 2. The van der Waals surface area contributed by atoms with Gasteiger partial charge in [-0.2, -0.15) is 10.2 Å². The van der Waals surface area contributed by atoms with E-state index >= 15 is 0 Å². The van der Waals surface area contributed by atoms with Crippen LogP contribution in [0, 0.1) is 11.6 Å². The summed E-state index contributed by atoms with van der Waals surface area (Å²) in [5.74, 6) is 0.413. The van der Waals surface area contributed by atoms with Gasteiger partial charge < -0.3 is 14.5 Å². The number of hydrogen-bond acceptors (Lipinski definition) is 7. The Bertz CT molecular complexity index is 1210. The molecule has 0 aromatic heterocycles. The second-order valence-corrected chi connectivity index (χ2v) is 10.8. The van der Waals surface area contributed by atoms with Gasteiger partial charge in [0.15, 0.2) is 17.4 Å². The van der Waals surface area contributed by atoms with E-state index in [9.17, 15) is 26.8 Å². The molecule has 2 N–H and O–H groups in total. The Morgan fingerprint density at radius 2 is 1.73 bits per heavy atom. The predicted molar refractivity (Wildman–Crippen MR) is 131 cm³/mol. The van der Waals surface area contributed by atoms with Gasteiger partial charge in [0.2, 0.25) is 15.9 Å². The van der Waals surface area contributed by atoms with Crippen molar-refractivity contribution in [2.24, 2.45) is 5.90 Å². The van der Waals surface area contributed by atoms with Gasteiger partial charge in [-0.15, -0.1) is 0 Å². The van der Waals surface area contributed by atoms with Crippen LogP contribution >= 0.6 is 11.6 Å². The minimum absolute atomic E-state index is 0.0110. The molecular weight excluding hydrogens is 532 g/mol. The fraction of sp³-hybridized carbons (Fsp3) is 0.417. The van der Waals surface area contributed by atoms with E-state index in [-0.39, 0.29) is 37.7 Å². The number of unbranched alkanes of at least 4 members (excludes halogenated alkanes) is 3. The quantitative estimate of drug-likeness (QED) is 0.345. The topological polar surface area (TPSA) is 119 Å². The van der Waals surface area contributed by atoms with Crippen molar-refractivity contribution in [3.63, 3.8) is 0 Å². The third-order valence-corrected chi connectivity index (χ3v) is 8.07. The predicted octanol–water partition coefficient (Wildman–Crippen LogP) is 4.00. The normalized spacial score (nSPS) is 16.5. The van der Waals surface area contributed by atoms with Crippen molar-refractivity contribution in [2.75, 3.05) is 19.6 Å². The third kappa shape index (κ3) is 6.95. The van der Waals surface area contributed by atoms with Crippen molar-refractivity contribution in [1.29, 1.82) is 0 Å². The first-order valence-corrected chi connectivity index (χ1v) is 13.5. The number of carbonyl (C=O) groups excluding carboxylic acids is 2. The lowest BCUT2D eigenvalue weighted by molar-refractivity contribution is -0.152. The molecule has 13 heteroatoms. The van der Waals surface area contributed by atoms with E-state index in [1.165, 1.54) is 29.2 Å². The molecule has 1 amide bonds. The monoisotopic (exact) mass is 559 g/mol. The van der Waals surface area contributed by atoms with Crippen LogP contribution in [0.4, 0.5) is 8.78 Å². The molecular formula is C24H28ClF2N3O6S. The highest BCUT2D eigenvalue weighted by atomic mass is 35.5. The van der Waals surface area contributed by atoms with Crippen LogP contribution in [0.1, 0.15) is 39.0 Å². The Morgan fingerprint density at radius 1 is 1.08 bits per heavy atom. The molecule has 0 radical (unpaired) electrons. The molecule has 1 saturated heterocycles. The molecule has 0 unspecified atom stereocenters. The van der Waals surface area contributed by atoms with Crippen molar-refractivity contribution in [3.8, 4) is 11.5 Å². The summed E-state index contributed by atoms with van der Waals surface area (Å²) >= 11 is 5.79. The Kier molecular flexibility index (Phi) is 9.82. The van der Waals surface area contributed by atoms with Crippen LogP contribution in [0.3, 0.4) is 0 Å². The summed E-state index contributed by atoms with van der Waals surface area (Å²) in [6.45, 7) is 1.44. The highest BCUT2D eigenvalue weighted by molar-refractivity contribution is 7.89. The molecule has 1 aliphatic rings. The van der Waals surface area contributed by atoms with Gasteiger partial charge in [-0.3, -0.25) is 4.79 Å². The van der Waals surface area contributed by atoms with Crippen LogP contribution in [0.25, 0.3) is 0 Å². The highest BCUT2D eigenvalue weighted by Crippen LogP contribution is 2.32. The lowest BCUT2D eigenvalue weighted by atomic mass is 10.1. The zero-order chi connectivity index (χ0) is 27.2. The molecule has 202 valence electrons. The average Bonchev–Trinajstić information content (AvgIpc) is 2.88. The Balaban J connectivity index is 1.82. The van der Waals surface area contributed by atoms with Gasteiger partial charge >= 0.3 is 5.97 Å². The van der Waals surface area contributed by atoms with Crippen molar-refractivity contribution < 1.29 is 36.4 Å². The minimum Gasteiger partial charge on any atom is -0.451 e. The Hall–Kier alpha value is -2.80. The molecule has 2 aromatic rings. The van der Waals surface area contributed by atoms with Gasteiger partial charge in [-0.25, -0.2) is 22.0 Å². The van der Waals surface area contributed by atoms with E-state index in [0.717, 1.165) is 23.6 Å². The standard InChI is InChI=1S/C24H28ClF2N3O6S/c1-2-3-4-5-6-22(31)29-11-12-30(21(15-29)24(32)36-28)37(33,34)18-13-19(26)23(20(27)14-18)35-17-9-7-16(25)8-10-17/h7-10,13-14,21H,2-6,11-12,15,28H2,1H3/t21-/m1/s1. The highest BCUT2D eigenvalue weighted by Gasteiger charge is 2.42.